The first kappa shape index (κ1) is 15.0. The first-order chi connectivity index (χ1) is 11.8. The predicted octanol–water partition coefficient (Wildman–Crippen LogP) is 4.12. The molecule has 1 aliphatic heterocycles. The van der Waals surface area contributed by atoms with Crippen LogP contribution in [-0.2, 0) is 4.74 Å². The van der Waals surface area contributed by atoms with Crippen molar-refractivity contribution in [2.24, 2.45) is 0 Å². The lowest BCUT2D eigenvalue weighted by atomic mass is 10.1. The minimum absolute atomic E-state index is 0.792. The molecular weight excluding hydrogens is 298 g/mol. The Morgan fingerprint density at radius 1 is 1.00 bits per heavy atom. The highest BCUT2D eigenvalue weighted by Gasteiger charge is 2.12. The number of ether oxygens (including phenoxy) is 1. The van der Waals surface area contributed by atoms with Crippen molar-refractivity contribution in [3.63, 3.8) is 0 Å². The van der Waals surface area contributed by atoms with Crippen molar-refractivity contribution in [2.45, 2.75) is 6.92 Å². The minimum atomic E-state index is 0.792. The second-order valence-electron chi connectivity index (χ2n) is 6.10. The summed E-state index contributed by atoms with van der Waals surface area (Å²) in [6, 6.07) is 16.9. The van der Waals surface area contributed by atoms with E-state index >= 15 is 0 Å². The summed E-state index contributed by atoms with van der Waals surface area (Å²) >= 11 is 0. The molecule has 2 heterocycles. The smallest absolute Gasteiger partial charge is 0.0743 e. The zero-order chi connectivity index (χ0) is 16.4. The van der Waals surface area contributed by atoms with Gasteiger partial charge < -0.3 is 15.0 Å². The van der Waals surface area contributed by atoms with Crippen molar-refractivity contribution >= 4 is 28.0 Å². The first-order valence-corrected chi connectivity index (χ1v) is 8.35. The van der Waals surface area contributed by atoms with Crippen LogP contribution < -0.4 is 10.2 Å². The molecule has 0 bridgehead atoms. The van der Waals surface area contributed by atoms with Gasteiger partial charge in [0.05, 0.1) is 18.7 Å². The van der Waals surface area contributed by atoms with Gasteiger partial charge in [0.25, 0.3) is 0 Å². The Kier molecular flexibility index (Phi) is 4.05. The second-order valence-corrected chi connectivity index (χ2v) is 6.10. The van der Waals surface area contributed by atoms with Crippen molar-refractivity contribution < 1.29 is 4.74 Å². The monoisotopic (exact) mass is 319 g/mol. The van der Waals surface area contributed by atoms with Crippen LogP contribution >= 0.6 is 0 Å². The molecule has 3 aromatic rings. The largest absolute Gasteiger partial charge is 0.378 e. The van der Waals surface area contributed by atoms with Gasteiger partial charge in [-0.05, 0) is 42.8 Å². The van der Waals surface area contributed by atoms with Crippen molar-refractivity contribution in [3.8, 4) is 0 Å². The summed E-state index contributed by atoms with van der Waals surface area (Å²) in [5.74, 6) is 0. The third kappa shape index (κ3) is 2.93. The number of rotatable bonds is 3. The Hall–Kier alpha value is -2.59. The van der Waals surface area contributed by atoms with Crippen LogP contribution in [0.25, 0.3) is 10.9 Å². The van der Waals surface area contributed by atoms with Gasteiger partial charge in [0.15, 0.2) is 0 Å². The molecule has 0 atom stereocenters. The molecule has 24 heavy (non-hydrogen) atoms. The molecule has 4 nitrogen and oxygen atoms in total. The number of para-hydroxylation sites is 1. The number of aromatic nitrogens is 1. The van der Waals surface area contributed by atoms with E-state index in [1.807, 2.05) is 12.3 Å². The van der Waals surface area contributed by atoms with Gasteiger partial charge in [-0.1, -0.05) is 18.2 Å². The fourth-order valence-electron chi connectivity index (χ4n) is 3.12. The molecule has 1 aliphatic rings. The zero-order valence-electron chi connectivity index (χ0n) is 13.8. The predicted molar refractivity (Wildman–Crippen MR) is 99.2 cm³/mol. The normalized spacial score (nSPS) is 14.8. The molecule has 2 aromatic carbocycles. The number of hydrogen-bond acceptors (Lipinski definition) is 4. The molecule has 1 fully saturated rings. The number of benzene rings is 2. The number of morpholine rings is 1. The summed E-state index contributed by atoms with van der Waals surface area (Å²) in [6.45, 7) is 5.57. The molecule has 0 spiro atoms. The van der Waals surface area contributed by atoms with E-state index in [0.29, 0.717) is 0 Å². The second kappa shape index (κ2) is 6.49. The number of aryl methyl sites for hydroxylation is 1. The molecule has 1 aromatic heterocycles. The molecule has 0 aliphatic carbocycles. The fourth-order valence-corrected chi connectivity index (χ4v) is 3.12. The highest BCUT2D eigenvalue weighted by atomic mass is 16.5. The van der Waals surface area contributed by atoms with Gasteiger partial charge >= 0.3 is 0 Å². The number of pyridine rings is 1. The lowest BCUT2D eigenvalue weighted by Crippen LogP contribution is -2.36. The molecule has 122 valence electrons. The maximum absolute atomic E-state index is 5.44. The van der Waals surface area contributed by atoms with Crippen LogP contribution in [0.5, 0.6) is 0 Å². The van der Waals surface area contributed by atoms with Crippen LogP contribution in [0.1, 0.15) is 5.56 Å². The van der Waals surface area contributed by atoms with Crippen molar-refractivity contribution in [3.05, 3.63) is 60.3 Å². The van der Waals surface area contributed by atoms with Crippen LogP contribution in [0.4, 0.5) is 17.1 Å². The maximum atomic E-state index is 5.44. The van der Waals surface area contributed by atoms with E-state index in [2.05, 4.69) is 64.6 Å². The van der Waals surface area contributed by atoms with Gasteiger partial charge in [-0.15, -0.1) is 0 Å². The summed E-state index contributed by atoms with van der Waals surface area (Å²) in [5, 5.41) is 4.68. The zero-order valence-corrected chi connectivity index (χ0v) is 13.8. The maximum Gasteiger partial charge on any atom is 0.0743 e. The van der Waals surface area contributed by atoms with E-state index in [9.17, 15) is 0 Å². The quantitative estimate of drug-likeness (QED) is 0.788. The van der Waals surface area contributed by atoms with E-state index in [4.69, 9.17) is 4.74 Å². The third-order valence-corrected chi connectivity index (χ3v) is 4.52. The Balaban J connectivity index is 1.68. The van der Waals surface area contributed by atoms with Gasteiger partial charge in [0.1, 0.15) is 0 Å². The molecule has 1 N–H and O–H groups in total. The van der Waals surface area contributed by atoms with Crippen LogP contribution in [0.3, 0.4) is 0 Å². The van der Waals surface area contributed by atoms with Crippen molar-refractivity contribution in [1.82, 2.24) is 4.98 Å². The Bertz CT molecular complexity index is 856. The standard InChI is InChI=1S/C20H21N3O/c1-15-4-2-3-5-18(15)22-19-8-9-21-20-14-16(6-7-17(19)20)23-10-12-24-13-11-23/h2-9,14H,10-13H2,1H3,(H,21,22). The van der Waals surface area contributed by atoms with Crippen LogP contribution in [0.2, 0.25) is 0 Å². The van der Waals surface area contributed by atoms with Gasteiger partial charge in [-0.3, -0.25) is 4.98 Å². The number of hydrogen-bond donors (Lipinski definition) is 1. The highest BCUT2D eigenvalue weighted by molar-refractivity contribution is 5.94. The fraction of sp³-hybridized carbons (Fsp3) is 0.250. The molecule has 1 saturated heterocycles. The van der Waals surface area contributed by atoms with E-state index in [-0.39, 0.29) is 0 Å². The molecule has 0 radical (unpaired) electrons. The van der Waals surface area contributed by atoms with Crippen molar-refractivity contribution in [2.75, 3.05) is 36.5 Å². The third-order valence-electron chi connectivity index (χ3n) is 4.52. The number of fused-ring (bicyclic) bond motifs is 1. The van der Waals surface area contributed by atoms with Gasteiger partial charge in [0.2, 0.25) is 0 Å². The van der Waals surface area contributed by atoms with Crippen LogP contribution in [0.15, 0.2) is 54.7 Å². The first-order valence-electron chi connectivity index (χ1n) is 8.35. The Morgan fingerprint density at radius 2 is 1.83 bits per heavy atom. The molecule has 0 unspecified atom stereocenters. The van der Waals surface area contributed by atoms with E-state index in [1.165, 1.54) is 11.3 Å². The molecule has 4 rings (SSSR count). The lowest BCUT2D eigenvalue weighted by Gasteiger charge is -2.29. The lowest BCUT2D eigenvalue weighted by molar-refractivity contribution is 0.122. The topological polar surface area (TPSA) is 37.4 Å². The van der Waals surface area contributed by atoms with Crippen LogP contribution in [0, 0.1) is 6.92 Å². The number of nitrogens with zero attached hydrogens (tertiary/aromatic N) is 2. The molecule has 4 heteroatoms. The van der Waals surface area contributed by atoms with Gasteiger partial charge in [-0.25, -0.2) is 0 Å². The van der Waals surface area contributed by atoms with E-state index < -0.39 is 0 Å². The Labute approximate surface area is 142 Å². The average Bonchev–Trinajstić information content (AvgIpc) is 2.64. The summed E-state index contributed by atoms with van der Waals surface area (Å²) < 4.78 is 5.44. The minimum Gasteiger partial charge on any atom is -0.378 e. The summed E-state index contributed by atoms with van der Waals surface area (Å²) in [7, 11) is 0. The summed E-state index contributed by atoms with van der Waals surface area (Å²) in [4.78, 5) is 6.92. The summed E-state index contributed by atoms with van der Waals surface area (Å²) in [5.41, 5.74) is 5.67. The molecule has 0 saturated carbocycles. The van der Waals surface area contributed by atoms with Gasteiger partial charge in [0, 0.05) is 41.7 Å². The average molecular weight is 319 g/mol. The van der Waals surface area contributed by atoms with E-state index in [0.717, 1.165) is 48.6 Å². The highest BCUT2D eigenvalue weighted by Crippen LogP contribution is 2.29. The van der Waals surface area contributed by atoms with E-state index in [1.54, 1.807) is 0 Å². The SMILES string of the molecule is Cc1ccccc1Nc1ccnc2cc(N3CCOCC3)ccc12. The number of anilines is 3. The molecule has 0 amide bonds. The van der Waals surface area contributed by atoms with Crippen molar-refractivity contribution in [1.29, 1.82) is 0 Å². The number of nitrogens with one attached hydrogen (secondary N) is 1. The Morgan fingerprint density at radius 3 is 2.67 bits per heavy atom. The van der Waals surface area contributed by atoms with Gasteiger partial charge in [-0.2, -0.15) is 0 Å². The summed E-state index contributed by atoms with van der Waals surface area (Å²) in [6.07, 6.45) is 1.87. The van der Waals surface area contributed by atoms with Crippen LogP contribution in [-0.4, -0.2) is 31.3 Å². The molecular formula is C20H21N3O.